The van der Waals surface area contributed by atoms with E-state index >= 15 is 0 Å². The third kappa shape index (κ3) is 2.14. The lowest BCUT2D eigenvalue weighted by Crippen LogP contribution is -2.28. The largest absolute Gasteiger partial charge is 0.271 e. The Bertz CT molecular complexity index is 411. The molecule has 0 aliphatic rings. The zero-order chi connectivity index (χ0) is 10.8. The van der Waals surface area contributed by atoms with Gasteiger partial charge < -0.3 is 0 Å². The minimum absolute atomic E-state index is 0.0260. The number of thiazole rings is 1. The Hall–Kier alpha value is -0.270. The second-order valence-corrected chi connectivity index (χ2v) is 5.56. The molecular formula is C9H10BrN3S2. The number of nitrogens with one attached hydrogen (secondary N) is 1. The molecule has 1 atom stereocenters. The molecule has 2 aromatic heterocycles. The number of aryl methyl sites for hydroxylation is 1. The Morgan fingerprint density at radius 3 is 2.80 bits per heavy atom. The van der Waals surface area contributed by atoms with Crippen LogP contribution in [0.3, 0.4) is 0 Å². The van der Waals surface area contributed by atoms with E-state index in [1.807, 2.05) is 12.4 Å². The van der Waals surface area contributed by atoms with Crippen LogP contribution in [-0.2, 0) is 0 Å². The van der Waals surface area contributed by atoms with E-state index in [9.17, 15) is 0 Å². The summed E-state index contributed by atoms with van der Waals surface area (Å²) in [5, 5.41) is 4.14. The van der Waals surface area contributed by atoms with Crippen LogP contribution in [0.1, 0.15) is 22.2 Å². The van der Waals surface area contributed by atoms with E-state index in [2.05, 4.69) is 37.1 Å². The van der Waals surface area contributed by atoms with Gasteiger partial charge in [-0.1, -0.05) is 0 Å². The van der Waals surface area contributed by atoms with E-state index < -0.39 is 0 Å². The molecular weight excluding hydrogens is 294 g/mol. The molecule has 0 bridgehead atoms. The zero-order valence-corrected chi connectivity index (χ0v) is 11.2. The number of nitrogens with zero attached hydrogens (tertiary/aromatic N) is 1. The summed E-state index contributed by atoms with van der Waals surface area (Å²) in [5.41, 5.74) is 6.87. The molecule has 0 saturated heterocycles. The lowest BCUT2D eigenvalue weighted by atomic mass is 10.1. The van der Waals surface area contributed by atoms with Crippen molar-refractivity contribution in [2.45, 2.75) is 13.0 Å². The molecule has 2 heterocycles. The van der Waals surface area contributed by atoms with Gasteiger partial charge in [0.05, 0.1) is 22.1 Å². The SMILES string of the molecule is Cc1ncsc1C(NN)c1cscc1Br. The van der Waals surface area contributed by atoms with Crippen molar-refractivity contribution in [1.29, 1.82) is 0 Å². The molecule has 15 heavy (non-hydrogen) atoms. The van der Waals surface area contributed by atoms with Crippen molar-refractivity contribution >= 4 is 38.6 Å². The van der Waals surface area contributed by atoms with Crippen molar-refractivity contribution in [2.24, 2.45) is 5.84 Å². The van der Waals surface area contributed by atoms with Gasteiger partial charge in [0.15, 0.2) is 0 Å². The molecule has 1 unspecified atom stereocenters. The second-order valence-electron chi connectivity index (χ2n) is 3.08. The van der Waals surface area contributed by atoms with Gasteiger partial charge in [0.1, 0.15) is 0 Å². The average molecular weight is 304 g/mol. The molecule has 0 fully saturated rings. The summed E-state index contributed by atoms with van der Waals surface area (Å²) in [5.74, 6) is 5.61. The van der Waals surface area contributed by atoms with Gasteiger partial charge in [-0.25, -0.2) is 10.4 Å². The summed E-state index contributed by atoms with van der Waals surface area (Å²) in [4.78, 5) is 5.40. The molecule has 0 radical (unpaired) electrons. The van der Waals surface area contributed by atoms with Gasteiger partial charge in [-0.3, -0.25) is 5.84 Å². The molecule has 6 heteroatoms. The van der Waals surface area contributed by atoms with Gasteiger partial charge in [-0.2, -0.15) is 11.3 Å². The van der Waals surface area contributed by atoms with E-state index in [1.165, 1.54) is 0 Å². The second kappa shape index (κ2) is 4.71. The van der Waals surface area contributed by atoms with Gasteiger partial charge in [0.2, 0.25) is 0 Å². The predicted molar refractivity (Wildman–Crippen MR) is 68.0 cm³/mol. The first-order valence-corrected chi connectivity index (χ1v) is 6.93. The fraction of sp³-hybridized carbons (Fsp3) is 0.222. The minimum atomic E-state index is 0.0260. The van der Waals surface area contributed by atoms with Gasteiger partial charge in [0.25, 0.3) is 0 Å². The van der Waals surface area contributed by atoms with Crippen LogP contribution >= 0.6 is 38.6 Å². The highest BCUT2D eigenvalue weighted by Gasteiger charge is 2.19. The molecule has 2 aromatic rings. The first-order chi connectivity index (χ1) is 7.24. The van der Waals surface area contributed by atoms with E-state index in [0.717, 1.165) is 20.6 Å². The number of hydrogen-bond acceptors (Lipinski definition) is 5. The summed E-state index contributed by atoms with van der Waals surface area (Å²) in [7, 11) is 0. The van der Waals surface area contributed by atoms with E-state index in [0.29, 0.717) is 0 Å². The lowest BCUT2D eigenvalue weighted by molar-refractivity contribution is 0.642. The molecule has 0 spiro atoms. The number of rotatable bonds is 3. The number of aromatic nitrogens is 1. The molecule has 2 rings (SSSR count). The van der Waals surface area contributed by atoms with Gasteiger partial charge in [0, 0.05) is 15.4 Å². The number of hydrazine groups is 1. The monoisotopic (exact) mass is 303 g/mol. The summed E-state index contributed by atoms with van der Waals surface area (Å²) in [6, 6.07) is 0.0260. The Balaban J connectivity index is 2.41. The predicted octanol–water partition coefficient (Wildman–Crippen LogP) is 2.83. The number of nitrogens with two attached hydrogens (primary N) is 1. The Kier molecular flexibility index (Phi) is 3.53. The molecule has 0 amide bonds. The van der Waals surface area contributed by atoms with Crippen molar-refractivity contribution in [2.75, 3.05) is 0 Å². The third-order valence-electron chi connectivity index (χ3n) is 2.16. The quantitative estimate of drug-likeness (QED) is 0.677. The van der Waals surface area contributed by atoms with Crippen LogP contribution < -0.4 is 11.3 Å². The van der Waals surface area contributed by atoms with Gasteiger partial charge >= 0.3 is 0 Å². The molecule has 0 aliphatic carbocycles. The van der Waals surface area contributed by atoms with Crippen molar-refractivity contribution < 1.29 is 0 Å². The maximum absolute atomic E-state index is 5.61. The van der Waals surface area contributed by atoms with Crippen LogP contribution in [0, 0.1) is 6.92 Å². The van der Waals surface area contributed by atoms with Crippen LogP contribution in [0.2, 0.25) is 0 Å². The molecule has 3 nitrogen and oxygen atoms in total. The van der Waals surface area contributed by atoms with Crippen molar-refractivity contribution in [1.82, 2.24) is 10.4 Å². The molecule has 3 N–H and O–H groups in total. The fourth-order valence-electron chi connectivity index (χ4n) is 1.39. The normalized spacial score (nSPS) is 13.0. The van der Waals surface area contributed by atoms with Crippen LogP contribution in [0.15, 0.2) is 20.7 Å². The average Bonchev–Trinajstić information content (AvgIpc) is 2.80. The van der Waals surface area contributed by atoms with E-state index in [4.69, 9.17) is 5.84 Å². The summed E-state index contributed by atoms with van der Waals surface area (Å²) in [6.07, 6.45) is 0. The van der Waals surface area contributed by atoms with Crippen LogP contribution in [0.25, 0.3) is 0 Å². The highest BCUT2D eigenvalue weighted by atomic mass is 79.9. The highest BCUT2D eigenvalue weighted by molar-refractivity contribution is 9.10. The maximum atomic E-state index is 5.61. The molecule has 0 aromatic carbocycles. The third-order valence-corrected chi connectivity index (χ3v) is 4.91. The Labute approximate surface area is 104 Å². The maximum Gasteiger partial charge on any atom is 0.0840 e. The summed E-state index contributed by atoms with van der Waals surface area (Å²) in [6.45, 7) is 2.00. The molecule has 0 aliphatic heterocycles. The van der Waals surface area contributed by atoms with E-state index in [1.54, 1.807) is 22.7 Å². The number of halogens is 1. The standard InChI is InChI=1S/C9H10BrN3S2/c1-5-9(15-4-12-5)8(13-11)6-2-14-3-7(6)10/h2-4,8,13H,11H2,1H3. The van der Waals surface area contributed by atoms with Crippen LogP contribution in [0.4, 0.5) is 0 Å². The first kappa shape index (κ1) is 11.2. The van der Waals surface area contributed by atoms with Crippen molar-refractivity contribution in [3.63, 3.8) is 0 Å². The Morgan fingerprint density at radius 1 is 1.53 bits per heavy atom. The highest BCUT2D eigenvalue weighted by Crippen LogP contribution is 2.33. The van der Waals surface area contributed by atoms with Gasteiger partial charge in [-0.15, -0.1) is 11.3 Å². The smallest absolute Gasteiger partial charge is 0.0840 e. The fourth-order valence-corrected chi connectivity index (χ4v) is 3.82. The van der Waals surface area contributed by atoms with Crippen LogP contribution in [-0.4, -0.2) is 4.98 Å². The van der Waals surface area contributed by atoms with Gasteiger partial charge in [-0.05, 0) is 28.2 Å². The number of hydrogen-bond donors (Lipinski definition) is 2. The van der Waals surface area contributed by atoms with Crippen LogP contribution in [0.5, 0.6) is 0 Å². The Morgan fingerprint density at radius 2 is 2.33 bits per heavy atom. The van der Waals surface area contributed by atoms with Crippen molar-refractivity contribution in [3.05, 3.63) is 36.9 Å². The number of thiophene rings is 1. The first-order valence-electron chi connectivity index (χ1n) is 4.31. The molecule has 80 valence electrons. The van der Waals surface area contributed by atoms with E-state index in [-0.39, 0.29) is 6.04 Å². The molecule has 0 saturated carbocycles. The topological polar surface area (TPSA) is 50.9 Å². The zero-order valence-electron chi connectivity index (χ0n) is 8.03. The summed E-state index contributed by atoms with van der Waals surface area (Å²) >= 11 is 6.79. The summed E-state index contributed by atoms with van der Waals surface area (Å²) < 4.78 is 1.09. The van der Waals surface area contributed by atoms with Crippen molar-refractivity contribution in [3.8, 4) is 0 Å². The minimum Gasteiger partial charge on any atom is -0.271 e. The lowest BCUT2D eigenvalue weighted by Gasteiger charge is -2.14.